The number of carbonyl (C=O) groups is 4. The smallest absolute Gasteiger partial charge is 0.313 e. The van der Waals surface area contributed by atoms with Crippen LogP contribution in [0.1, 0.15) is 69.2 Å². The average molecular weight is 793 g/mol. The first kappa shape index (κ1) is 40.4. The third-order valence-electron chi connectivity index (χ3n) is 11.7. The predicted molar refractivity (Wildman–Crippen MR) is 208 cm³/mol. The van der Waals surface area contributed by atoms with Gasteiger partial charge in [-0.2, -0.15) is 0 Å². The number of allylic oxidation sites excluding steroid dienone is 1. The first-order chi connectivity index (χ1) is 25.3. The number of anilines is 1. The summed E-state index contributed by atoms with van der Waals surface area (Å²) >= 11 is 3.77. The Morgan fingerprint density at radius 3 is 2.45 bits per heavy atom. The van der Waals surface area contributed by atoms with E-state index in [9.17, 15) is 14.7 Å². The molecule has 0 aliphatic carbocycles. The van der Waals surface area contributed by atoms with Gasteiger partial charge < -0.3 is 29.3 Å². The number of aliphatic hydroxyl groups is 1. The van der Waals surface area contributed by atoms with Crippen molar-refractivity contribution in [2.24, 2.45) is 17.8 Å². The second kappa shape index (κ2) is 16.7. The number of nitrogens with zero attached hydrogens (tertiary/aromatic N) is 3. The van der Waals surface area contributed by atoms with Gasteiger partial charge in [0.15, 0.2) is 0 Å². The Balaban J connectivity index is 1.59. The predicted octanol–water partition coefficient (Wildman–Crippen LogP) is 6.08. The highest BCUT2D eigenvalue weighted by Crippen LogP contribution is 2.61. The van der Waals surface area contributed by atoms with Gasteiger partial charge in [-0.1, -0.05) is 90.8 Å². The highest BCUT2D eigenvalue weighted by atomic mass is 79.9. The van der Waals surface area contributed by atoms with Crippen LogP contribution >= 0.6 is 15.9 Å². The summed E-state index contributed by atoms with van der Waals surface area (Å²) in [6.45, 7) is 17.1. The van der Waals surface area contributed by atoms with E-state index in [2.05, 4.69) is 29.1 Å². The number of alkyl halides is 1. The lowest BCUT2D eigenvalue weighted by atomic mass is 9.70. The molecular formula is C42H54BrN3O7. The van der Waals surface area contributed by atoms with Crippen LogP contribution in [-0.4, -0.2) is 93.5 Å². The zero-order valence-electron chi connectivity index (χ0n) is 31.7. The number of carbonyl (C=O) groups excluding carboxylic acids is 4. The molecule has 1 unspecified atom stereocenters. The Labute approximate surface area is 322 Å². The largest absolute Gasteiger partial charge is 0.455 e. The van der Waals surface area contributed by atoms with Crippen molar-refractivity contribution < 1.29 is 33.8 Å². The van der Waals surface area contributed by atoms with Crippen LogP contribution in [0.4, 0.5) is 5.69 Å². The molecule has 5 rings (SSSR count). The van der Waals surface area contributed by atoms with E-state index >= 15 is 9.59 Å². The number of hydrogen-bond donors (Lipinski definition) is 1. The highest BCUT2D eigenvalue weighted by molar-refractivity contribution is 9.09. The Hall–Kier alpha value is -3.80. The van der Waals surface area contributed by atoms with Gasteiger partial charge in [-0.05, 0) is 62.3 Å². The van der Waals surface area contributed by atoms with E-state index in [0.29, 0.717) is 30.5 Å². The normalized spacial score (nSPS) is 26.7. The van der Waals surface area contributed by atoms with Crippen LogP contribution in [-0.2, 0) is 28.7 Å². The summed E-state index contributed by atoms with van der Waals surface area (Å²) in [6.07, 6.45) is 3.46. The van der Waals surface area contributed by atoms with Gasteiger partial charge >= 0.3 is 5.97 Å². The Morgan fingerprint density at radius 1 is 1.13 bits per heavy atom. The second-order valence-corrected chi connectivity index (χ2v) is 16.1. The van der Waals surface area contributed by atoms with Crippen molar-refractivity contribution in [1.29, 1.82) is 0 Å². The standard InChI is InChI=1S/C42H54BrN3O7/c1-9-12-18-33(48)44(8)28(7)36(29-16-14-13-15-17-29)52-41(51)34-35-39(49)46(32(24-47)26(5)11-3)38(42(35)23-30(43)37(34)53-42)40(50)45(21-10-2)31-22-25(4)19-20-27(31)6/h9-10,13-17,19-20,22,26,28,30,32,34-38,47H,1-2,11-12,18,21,23-24H2,3-8H3/t26-,28-,30?,32-,34-,35+,36+,37-,38-,42+/m0/s1. The van der Waals surface area contributed by atoms with Gasteiger partial charge in [-0.15, -0.1) is 13.2 Å². The maximum Gasteiger partial charge on any atom is 0.313 e. The molecule has 2 aromatic rings. The van der Waals surface area contributed by atoms with Crippen molar-refractivity contribution in [2.75, 3.05) is 25.1 Å². The van der Waals surface area contributed by atoms with Crippen LogP contribution < -0.4 is 4.90 Å². The summed E-state index contributed by atoms with van der Waals surface area (Å²) in [5.41, 5.74) is 1.86. The summed E-state index contributed by atoms with van der Waals surface area (Å²) < 4.78 is 13.2. The lowest BCUT2D eigenvalue weighted by Gasteiger charge is -2.41. The number of aliphatic hydroxyl groups excluding tert-OH is 1. The van der Waals surface area contributed by atoms with Gasteiger partial charge in [0, 0.05) is 30.5 Å². The van der Waals surface area contributed by atoms with Gasteiger partial charge in [-0.3, -0.25) is 19.2 Å². The highest BCUT2D eigenvalue weighted by Gasteiger charge is 2.78. The summed E-state index contributed by atoms with van der Waals surface area (Å²) in [5, 5.41) is 10.8. The van der Waals surface area contributed by atoms with Crippen molar-refractivity contribution in [3.63, 3.8) is 0 Å². The molecule has 1 N–H and O–H groups in total. The van der Waals surface area contributed by atoms with E-state index in [0.717, 1.165) is 11.1 Å². The van der Waals surface area contributed by atoms with E-state index in [-0.39, 0.29) is 42.1 Å². The maximum atomic E-state index is 15.2. The topological polar surface area (TPSA) is 117 Å². The van der Waals surface area contributed by atoms with E-state index in [1.165, 1.54) is 4.90 Å². The SMILES string of the molecule is C=CCCC(=O)N(C)[C@@H](C)[C@@H](OC(=O)[C@@H]1[C@H]2O[C@@]3(CC2Br)[C@H](C(=O)N(CC=C)c2cc(C)ccc2C)N([C@@H](CO)[C@@H](C)CC)C(=O)[C@@H]13)c1ccccc1. The fourth-order valence-electron chi connectivity index (χ4n) is 8.51. The fourth-order valence-corrected chi connectivity index (χ4v) is 9.45. The summed E-state index contributed by atoms with van der Waals surface area (Å²) in [7, 11) is 1.69. The molecule has 2 aromatic carbocycles. The molecule has 11 heteroatoms. The molecule has 3 saturated heterocycles. The molecule has 2 bridgehead atoms. The number of likely N-dealkylation sites (N-methyl/N-ethyl adjacent to an activating group) is 1. The summed E-state index contributed by atoms with van der Waals surface area (Å²) in [6, 6.07) is 12.7. The number of likely N-dealkylation sites (tertiary alicyclic amines) is 1. The van der Waals surface area contributed by atoms with Gasteiger partial charge in [0.25, 0.3) is 5.91 Å². The summed E-state index contributed by atoms with van der Waals surface area (Å²) in [5.74, 6) is -3.78. The number of ether oxygens (including phenoxy) is 2. The van der Waals surface area contributed by atoms with E-state index < -0.39 is 59.6 Å². The van der Waals surface area contributed by atoms with Crippen molar-refractivity contribution in [3.8, 4) is 0 Å². The molecule has 3 aliphatic rings. The first-order valence-corrected chi connectivity index (χ1v) is 19.6. The molecule has 10 nitrogen and oxygen atoms in total. The number of rotatable bonds is 16. The Morgan fingerprint density at radius 2 is 1.83 bits per heavy atom. The number of benzene rings is 2. The van der Waals surface area contributed by atoms with E-state index in [1.54, 1.807) is 29.0 Å². The number of halogens is 1. The minimum Gasteiger partial charge on any atom is -0.455 e. The van der Waals surface area contributed by atoms with Crippen molar-refractivity contribution >= 4 is 45.3 Å². The van der Waals surface area contributed by atoms with Gasteiger partial charge in [0.05, 0.1) is 36.6 Å². The van der Waals surface area contributed by atoms with E-state index in [4.69, 9.17) is 9.47 Å². The molecule has 1 spiro atoms. The number of fused-ring (bicyclic) bond motifs is 1. The second-order valence-electron chi connectivity index (χ2n) is 14.9. The Kier molecular flexibility index (Phi) is 12.7. The van der Waals surface area contributed by atoms with Crippen LogP contribution in [0.2, 0.25) is 0 Å². The van der Waals surface area contributed by atoms with Gasteiger partial charge in [0.2, 0.25) is 11.8 Å². The number of aryl methyl sites for hydroxylation is 2. The molecule has 286 valence electrons. The Bertz CT molecular complexity index is 1700. The van der Waals surface area contributed by atoms with Crippen LogP contribution in [0.5, 0.6) is 0 Å². The average Bonchev–Trinajstić information content (AvgIpc) is 3.75. The number of amides is 3. The van der Waals surface area contributed by atoms with Crippen molar-refractivity contribution in [2.45, 2.75) is 101 Å². The van der Waals surface area contributed by atoms with Crippen LogP contribution in [0.3, 0.4) is 0 Å². The minimum atomic E-state index is -1.37. The zero-order chi connectivity index (χ0) is 38.8. The van der Waals surface area contributed by atoms with Crippen molar-refractivity contribution in [3.05, 3.63) is 90.5 Å². The van der Waals surface area contributed by atoms with Crippen molar-refractivity contribution in [1.82, 2.24) is 9.80 Å². The molecule has 0 saturated carbocycles. The maximum absolute atomic E-state index is 15.2. The molecule has 3 amide bonds. The quantitative estimate of drug-likeness (QED) is 0.125. The molecule has 0 radical (unpaired) electrons. The van der Waals surface area contributed by atoms with Crippen LogP contribution in [0.15, 0.2) is 73.8 Å². The van der Waals surface area contributed by atoms with E-state index in [1.807, 2.05) is 83.1 Å². The first-order valence-electron chi connectivity index (χ1n) is 18.6. The summed E-state index contributed by atoms with van der Waals surface area (Å²) in [4.78, 5) is 62.4. The lowest BCUT2D eigenvalue weighted by molar-refractivity contribution is -0.165. The zero-order valence-corrected chi connectivity index (χ0v) is 33.3. The molecule has 3 aliphatic heterocycles. The number of esters is 1. The molecule has 0 aromatic heterocycles. The monoisotopic (exact) mass is 791 g/mol. The minimum absolute atomic E-state index is 0.118. The molecule has 10 atom stereocenters. The molecule has 3 heterocycles. The number of hydrogen-bond acceptors (Lipinski definition) is 7. The van der Waals surface area contributed by atoms with Gasteiger partial charge in [0.1, 0.15) is 17.7 Å². The third-order valence-corrected chi connectivity index (χ3v) is 12.5. The third kappa shape index (κ3) is 7.36. The molecular weight excluding hydrogens is 738 g/mol. The lowest BCUT2D eigenvalue weighted by Crippen LogP contribution is -2.60. The molecule has 53 heavy (non-hydrogen) atoms. The van der Waals surface area contributed by atoms with Crippen LogP contribution in [0, 0.1) is 31.6 Å². The molecule has 3 fully saturated rings. The van der Waals surface area contributed by atoms with Crippen LogP contribution in [0.25, 0.3) is 0 Å². The van der Waals surface area contributed by atoms with Gasteiger partial charge in [-0.25, -0.2) is 0 Å². The fraction of sp³-hybridized carbons (Fsp3) is 0.524.